The summed E-state index contributed by atoms with van der Waals surface area (Å²) in [6.45, 7) is 5.01. The van der Waals surface area contributed by atoms with E-state index in [1.54, 1.807) is 0 Å². The molecule has 0 radical (unpaired) electrons. The minimum Gasteiger partial charge on any atom is -0.392 e. The van der Waals surface area contributed by atoms with Gasteiger partial charge in [0.2, 0.25) is 0 Å². The highest BCUT2D eigenvalue weighted by molar-refractivity contribution is 5.23. The van der Waals surface area contributed by atoms with Crippen LogP contribution in [0, 0.1) is 0 Å². The Kier molecular flexibility index (Phi) is 4.56. The molecule has 1 heterocycles. The molecule has 0 aliphatic carbocycles. The van der Waals surface area contributed by atoms with Gasteiger partial charge in [-0.25, -0.2) is 0 Å². The minimum absolute atomic E-state index is 0.108. The van der Waals surface area contributed by atoms with Crippen LogP contribution in [0.3, 0.4) is 0 Å². The van der Waals surface area contributed by atoms with E-state index in [1.165, 1.54) is 11.1 Å². The van der Waals surface area contributed by atoms with Crippen molar-refractivity contribution >= 4 is 0 Å². The lowest BCUT2D eigenvalue weighted by atomic mass is 10.1. The number of nitrogens with zero attached hydrogens (tertiary/aromatic N) is 1. The zero-order valence-corrected chi connectivity index (χ0v) is 10.8. The molecule has 0 spiro atoms. The second-order valence-corrected chi connectivity index (χ2v) is 4.45. The highest BCUT2D eigenvalue weighted by Crippen LogP contribution is 2.08. The molecule has 0 aliphatic heterocycles. The summed E-state index contributed by atoms with van der Waals surface area (Å²) in [4.78, 5) is 0. The average Bonchev–Trinajstić information content (AvgIpc) is 2.85. The molecule has 2 N–H and O–H groups in total. The molecular formula is C15H20N2O. The summed E-state index contributed by atoms with van der Waals surface area (Å²) in [6, 6.07) is 10.2. The fourth-order valence-electron chi connectivity index (χ4n) is 1.92. The van der Waals surface area contributed by atoms with Gasteiger partial charge in [-0.3, -0.25) is 0 Å². The Morgan fingerprint density at radius 3 is 2.44 bits per heavy atom. The van der Waals surface area contributed by atoms with E-state index in [9.17, 15) is 0 Å². The number of nitrogens with one attached hydrogen (secondary N) is 1. The fourth-order valence-corrected chi connectivity index (χ4v) is 1.92. The van der Waals surface area contributed by atoms with Crippen LogP contribution in [0.15, 0.2) is 42.7 Å². The normalized spacial score (nSPS) is 10.8. The zero-order valence-electron chi connectivity index (χ0n) is 10.8. The molecule has 3 heteroatoms. The van der Waals surface area contributed by atoms with Gasteiger partial charge in [-0.05, 0) is 29.3 Å². The first-order valence-corrected chi connectivity index (χ1v) is 6.36. The largest absolute Gasteiger partial charge is 0.392 e. The number of aliphatic hydroxyl groups is 1. The van der Waals surface area contributed by atoms with Crippen LogP contribution in [0.5, 0.6) is 0 Å². The van der Waals surface area contributed by atoms with Crippen molar-refractivity contribution < 1.29 is 5.11 Å². The highest BCUT2D eigenvalue weighted by Gasteiger charge is 1.98. The summed E-state index contributed by atoms with van der Waals surface area (Å²) in [6.07, 6.45) is 4.27. The van der Waals surface area contributed by atoms with E-state index < -0.39 is 0 Å². The third-order valence-electron chi connectivity index (χ3n) is 2.96. The SMILES string of the molecule is CCNCc1ccn(Cc2ccc(CO)cc2)c1. The van der Waals surface area contributed by atoms with E-state index in [1.807, 2.05) is 12.1 Å². The van der Waals surface area contributed by atoms with Gasteiger partial charge in [0.25, 0.3) is 0 Å². The second-order valence-electron chi connectivity index (χ2n) is 4.45. The Morgan fingerprint density at radius 2 is 1.78 bits per heavy atom. The van der Waals surface area contributed by atoms with Gasteiger partial charge in [0.15, 0.2) is 0 Å². The minimum atomic E-state index is 0.108. The van der Waals surface area contributed by atoms with E-state index in [2.05, 4.69) is 47.4 Å². The average molecular weight is 244 g/mol. The summed E-state index contributed by atoms with van der Waals surface area (Å²) in [7, 11) is 0. The number of hydrogen-bond donors (Lipinski definition) is 2. The Labute approximate surface area is 108 Å². The molecule has 0 fully saturated rings. The summed E-state index contributed by atoms with van der Waals surface area (Å²) in [5.74, 6) is 0. The van der Waals surface area contributed by atoms with Gasteiger partial charge >= 0.3 is 0 Å². The van der Waals surface area contributed by atoms with Gasteiger partial charge in [-0.1, -0.05) is 31.2 Å². The van der Waals surface area contributed by atoms with E-state index in [0.29, 0.717) is 0 Å². The first kappa shape index (κ1) is 12.9. The lowest BCUT2D eigenvalue weighted by Crippen LogP contribution is -2.11. The highest BCUT2D eigenvalue weighted by atomic mass is 16.3. The molecule has 1 aromatic heterocycles. The predicted octanol–water partition coefficient (Wildman–Crippen LogP) is 2.14. The van der Waals surface area contributed by atoms with Gasteiger partial charge in [-0.15, -0.1) is 0 Å². The topological polar surface area (TPSA) is 37.2 Å². The molecular weight excluding hydrogens is 224 g/mol. The maximum absolute atomic E-state index is 8.99. The molecule has 0 unspecified atom stereocenters. The molecule has 18 heavy (non-hydrogen) atoms. The summed E-state index contributed by atoms with van der Waals surface area (Å²) in [5.41, 5.74) is 3.51. The van der Waals surface area contributed by atoms with E-state index in [0.717, 1.165) is 25.2 Å². The summed E-state index contributed by atoms with van der Waals surface area (Å²) >= 11 is 0. The van der Waals surface area contributed by atoms with Crippen molar-refractivity contribution in [2.24, 2.45) is 0 Å². The summed E-state index contributed by atoms with van der Waals surface area (Å²) < 4.78 is 2.18. The van der Waals surface area contributed by atoms with Crippen LogP contribution in [0.4, 0.5) is 0 Å². The van der Waals surface area contributed by atoms with Crippen LogP contribution in [0.1, 0.15) is 23.6 Å². The van der Waals surface area contributed by atoms with Crippen molar-refractivity contribution in [2.75, 3.05) is 6.54 Å². The van der Waals surface area contributed by atoms with E-state index >= 15 is 0 Å². The third kappa shape index (κ3) is 3.45. The zero-order chi connectivity index (χ0) is 12.8. The van der Waals surface area contributed by atoms with Crippen molar-refractivity contribution in [3.63, 3.8) is 0 Å². The molecule has 2 rings (SSSR count). The van der Waals surface area contributed by atoms with Crippen LogP contribution in [0.25, 0.3) is 0 Å². The van der Waals surface area contributed by atoms with Crippen LogP contribution in [0.2, 0.25) is 0 Å². The lowest BCUT2D eigenvalue weighted by Gasteiger charge is -2.04. The fraction of sp³-hybridized carbons (Fsp3) is 0.333. The molecule has 96 valence electrons. The first-order valence-electron chi connectivity index (χ1n) is 6.36. The summed E-state index contributed by atoms with van der Waals surface area (Å²) in [5, 5.41) is 12.3. The number of benzene rings is 1. The van der Waals surface area contributed by atoms with Crippen molar-refractivity contribution in [2.45, 2.75) is 26.6 Å². The molecule has 3 nitrogen and oxygen atoms in total. The van der Waals surface area contributed by atoms with Gasteiger partial charge in [0.1, 0.15) is 0 Å². The monoisotopic (exact) mass is 244 g/mol. The van der Waals surface area contributed by atoms with Crippen molar-refractivity contribution in [3.05, 3.63) is 59.4 Å². The molecule has 0 amide bonds. The van der Waals surface area contributed by atoms with Crippen LogP contribution < -0.4 is 5.32 Å². The molecule has 0 saturated carbocycles. The molecule has 2 aromatic rings. The van der Waals surface area contributed by atoms with Gasteiger partial charge in [0, 0.05) is 25.5 Å². The molecule has 0 atom stereocenters. The molecule has 1 aromatic carbocycles. The van der Waals surface area contributed by atoms with E-state index in [4.69, 9.17) is 5.11 Å². The van der Waals surface area contributed by atoms with Crippen molar-refractivity contribution in [3.8, 4) is 0 Å². The third-order valence-corrected chi connectivity index (χ3v) is 2.96. The second kappa shape index (κ2) is 6.38. The van der Waals surface area contributed by atoms with Crippen LogP contribution in [-0.2, 0) is 19.7 Å². The molecule has 0 saturated heterocycles. The maximum Gasteiger partial charge on any atom is 0.0681 e. The Bertz CT molecular complexity index is 473. The first-order chi connectivity index (χ1) is 8.81. The quantitative estimate of drug-likeness (QED) is 0.817. The van der Waals surface area contributed by atoms with Gasteiger partial charge in [-0.2, -0.15) is 0 Å². The Balaban J connectivity index is 1.97. The van der Waals surface area contributed by atoms with Gasteiger partial charge in [0.05, 0.1) is 6.61 Å². The Hall–Kier alpha value is -1.58. The van der Waals surface area contributed by atoms with Crippen molar-refractivity contribution in [1.29, 1.82) is 0 Å². The molecule has 0 bridgehead atoms. The predicted molar refractivity (Wildman–Crippen MR) is 73.3 cm³/mol. The van der Waals surface area contributed by atoms with E-state index in [-0.39, 0.29) is 6.61 Å². The maximum atomic E-state index is 8.99. The standard InChI is InChI=1S/C15H20N2O/c1-2-16-9-15-7-8-17(11-15)10-13-3-5-14(12-18)6-4-13/h3-8,11,16,18H,2,9-10,12H2,1H3. The van der Waals surface area contributed by atoms with Crippen LogP contribution >= 0.6 is 0 Å². The smallest absolute Gasteiger partial charge is 0.0681 e. The number of rotatable bonds is 6. The molecule has 0 aliphatic rings. The number of aliphatic hydroxyl groups excluding tert-OH is 1. The van der Waals surface area contributed by atoms with Crippen molar-refractivity contribution in [1.82, 2.24) is 9.88 Å². The Morgan fingerprint density at radius 1 is 1.06 bits per heavy atom. The van der Waals surface area contributed by atoms with Gasteiger partial charge < -0.3 is 15.0 Å². The number of aromatic nitrogens is 1. The lowest BCUT2D eigenvalue weighted by molar-refractivity contribution is 0.282. The van der Waals surface area contributed by atoms with Crippen LogP contribution in [-0.4, -0.2) is 16.2 Å². The number of hydrogen-bond acceptors (Lipinski definition) is 2.